The maximum absolute atomic E-state index is 12.3. The van der Waals surface area contributed by atoms with E-state index in [0.717, 1.165) is 22.4 Å². The number of carbonyl (C=O) groups is 1. The Labute approximate surface area is 184 Å². The highest BCUT2D eigenvalue weighted by Gasteiger charge is 2.11. The first-order valence-electron chi connectivity index (χ1n) is 10.0. The maximum Gasteiger partial charge on any atom is 0.248 e. The van der Waals surface area contributed by atoms with E-state index >= 15 is 0 Å². The lowest BCUT2D eigenvalue weighted by Gasteiger charge is -2.07. The summed E-state index contributed by atoms with van der Waals surface area (Å²) >= 11 is 0. The van der Waals surface area contributed by atoms with Crippen LogP contribution < -0.4 is 5.32 Å². The first-order chi connectivity index (χ1) is 15.8. The molecule has 7 heteroatoms. The summed E-state index contributed by atoms with van der Waals surface area (Å²) in [5.74, 6) is 0.438. The molecule has 7 nitrogen and oxygen atoms in total. The third-order valence-corrected chi connectivity index (χ3v) is 4.85. The molecule has 0 unspecified atom stereocenters. The zero-order valence-electron chi connectivity index (χ0n) is 17.0. The number of fused-ring (bicyclic) bond motifs is 1. The SMILES string of the molecule is O=C(/C=C/c1ccccc1)Nc1cccc(-c2ccc3nnc(-c4ccncc4)n3n2)c1. The molecule has 0 aliphatic heterocycles. The summed E-state index contributed by atoms with van der Waals surface area (Å²) in [5.41, 5.74) is 4.78. The van der Waals surface area contributed by atoms with Crippen molar-refractivity contribution >= 4 is 23.3 Å². The van der Waals surface area contributed by atoms with Crippen molar-refractivity contribution in [2.45, 2.75) is 0 Å². The van der Waals surface area contributed by atoms with Crippen molar-refractivity contribution < 1.29 is 4.79 Å². The molecule has 154 valence electrons. The monoisotopic (exact) mass is 418 g/mol. The van der Waals surface area contributed by atoms with Gasteiger partial charge < -0.3 is 5.32 Å². The van der Waals surface area contributed by atoms with Crippen molar-refractivity contribution in [2.24, 2.45) is 0 Å². The van der Waals surface area contributed by atoms with Gasteiger partial charge in [0.05, 0.1) is 5.69 Å². The Kier molecular flexibility index (Phi) is 5.20. The third kappa shape index (κ3) is 4.13. The number of hydrogen-bond acceptors (Lipinski definition) is 5. The summed E-state index contributed by atoms with van der Waals surface area (Å²) in [6, 6.07) is 24.7. The average Bonchev–Trinajstić information content (AvgIpc) is 3.27. The van der Waals surface area contributed by atoms with Crippen LogP contribution in [0.25, 0.3) is 34.4 Å². The topological polar surface area (TPSA) is 85.1 Å². The summed E-state index contributed by atoms with van der Waals surface area (Å²) in [7, 11) is 0. The molecule has 5 rings (SSSR count). The number of pyridine rings is 1. The van der Waals surface area contributed by atoms with Crippen LogP contribution in [0.5, 0.6) is 0 Å². The fraction of sp³-hybridized carbons (Fsp3) is 0. The summed E-state index contributed by atoms with van der Waals surface area (Å²) in [5, 5.41) is 16.1. The molecule has 0 bridgehead atoms. The largest absolute Gasteiger partial charge is 0.322 e. The van der Waals surface area contributed by atoms with Gasteiger partial charge in [-0.25, -0.2) is 0 Å². The van der Waals surface area contributed by atoms with Gasteiger partial charge in [0, 0.05) is 35.3 Å². The molecule has 1 amide bonds. The Hall–Kier alpha value is -4.65. The van der Waals surface area contributed by atoms with Crippen LogP contribution in [0.15, 0.2) is 97.3 Å². The van der Waals surface area contributed by atoms with Crippen LogP contribution in [-0.2, 0) is 4.79 Å². The summed E-state index contributed by atoms with van der Waals surface area (Å²) in [6.45, 7) is 0. The number of nitrogens with zero attached hydrogens (tertiary/aromatic N) is 5. The molecule has 0 saturated heterocycles. The first-order valence-corrected chi connectivity index (χ1v) is 10.0. The van der Waals surface area contributed by atoms with Crippen LogP contribution in [0.1, 0.15) is 5.56 Å². The molecular weight excluding hydrogens is 400 g/mol. The minimum Gasteiger partial charge on any atom is -0.322 e. The highest BCUT2D eigenvalue weighted by Crippen LogP contribution is 2.23. The Morgan fingerprint density at radius 3 is 2.53 bits per heavy atom. The normalized spacial score (nSPS) is 11.1. The standard InChI is InChI=1S/C25H18N6O/c32-24(12-9-18-5-2-1-3-6-18)27-21-8-4-7-20(17-21)22-10-11-23-28-29-25(31(23)30-22)19-13-15-26-16-14-19/h1-17H,(H,27,32)/b12-9+. The predicted octanol–water partition coefficient (Wildman–Crippen LogP) is 4.51. The molecule has 32 heavy (non-hydrogen) atoms. The molecule has 0 fully saturated rings. The van der Waals surface area contributed by atoms with Gasteiger partial charge in [-0.2, -0.15) is 9.61 Å². The fourth-order valence-electron chi connectivity index (χ4n) is 3.30. The number of amides is 1. The highest BCUT2D eigenvalue weighted by atomic mass is 16.1. The smallest absolute Gasteiger partial charge is 0.248 e. The van der Waals surface area contributed by atoms with Crippen molar-refractivity contribution in [3.05, 3.63) is 103 Å². The molecule has 5 aromatic rings. The Morgan fingerprint density at radius 2 is 1.69 bits per heavy atom. The van der Waals surface area contributed by atoms with Gasteiger partial charge in [0.15, 0.2) is 11.5 Å². The molecule has 2 aromatic carbocycles. The van der Waals surface area contributed by atoms with Crippen LogP contribution in [0.2, 0.25) is 0 Å². The fourth-order valence-corrected chi connectivity index (χ4v) is 3.30. The Bertz CT molecular complexity index is 1410. The van der Waals surface area contributed by atoms with E-state index in [1.807, 2.05) is 78.9 Å². The zero-order chi connectivity index (χ0) is 21.8. The van der Waals surface area contributed by atoms with Gasteiger partial charge in [0.25, 0.3) is 0 Å². The molecule has 0 saturated carbocycles. The first kappa shape index (κ1) is 19.3. The van der Waals surface area contributed by atoms with Crippen molar-refractivity contribution in [1.82, 2.24) is 24.8 Å². The van der Waals surface area contributed by atoms with E-state index in [0.29, 0.717) is 17.2 Å². The second kappa shape index (κ2) is 8.61. The van der Waals surface area contributed by atoms with Crippen LogP contribution in [-0.4, -0.2) is 30.7 Å². The minimum atomic E-state index is -0.201. The van der Waals surface area contributed by atoms with Crippen LogP contribution >= 0.6 is 0 Å². The number of hydrogen-bond donors (Lipinski definition) is 1. The van der Waals surface area contributed by atoms with Gasteiger partial charge in [0.1, 0.15) is 0 Å². The number of anilines is 1. The van der Waals surface area contributed by atoms with Crippen molar-refractivity contribution in [1.29, 1.82) is 0 Å². The third-order valence-electron chi connectivity index (χ3n) is 4.85. The van der Waals surface area contributed by atoms with E-state index < -0.39 is 0 Å². The van der Waals surface area contributed by atoms with Crippen LogP contribution in [0.3, 0.4) is 0 Å². The van der Waals surface area contributed by atoms with Crippen molar-refractivity contribution in [3.8, 4) is 22.6 Å². The average molecular weight is 418 g/mol. The second-order valence-electron chi connectivity index (χ2n) is 7.06. The molecular formula is C25H18N6O. The number of benzene rings is 2. The number of rotatable bonds is 5. The molecule has 0 aliphatic rings. The van der Waals surface area contributed by atoms with E-state index in [1.54, 1.807) is 23.0 Å². The van der Waals surface area contributed by atoms with E-state index in [-0.39, 0.29) is 5.91 Å². The maximum atomic E-state index is 12.3. The molecule has 1 N–H and O–H groups in total. The zero-order valence-corrected chi connectivity index (χ0v) is 17.0. The minimum absolute atomic E-state index is 0.201. The molecule has 3 aromatic heterocycles. The van der Waals surface area contributed by atoms with Gasteiger partial charge >= 0.3 is 0 Å². The highest BCUT2D eigenvalue weighted by molar-refractivity contribution is 6.02. The van der Waals surface area contributed by atoms with Gasteiger partial charge in [-0.3, -0.25) is 9.78 Å². The molecule has 0 atom stereocenters. The van der Waals surface area contributed by atoms with Gasteiger partial charge in [-0.1, -0.05) is 42.5 Å². The van der Waals surface area contributed by atoms with E-state index in [2.05, 4.69) is 20.5 Å². The Morgan fingerprint density at radius 1 is 0.844 bits per heavy atom. The molecule has 0 aliphatic carbocycles. The van der Waals surface area contributed by atoms with Gasteiger partial charge in [0.2, 0.25) is 5.91 Å². The van der Waals surface area contributed by atoms with Gasteiger partial charge in [-0.05, 0) is 48.0 Å². The number of aromatic nitrogens is 5. The Balaban J connectivity index is 1.40. The van der Waals surface area contributed by atoms with E-state index in [1.165, 1.54) is 6.08 Å². The molecule has 0 radical (unpaired) electrons. The summed E-state index contributed by atoms with van der Waals surface area (Å²) in [6.07, 6.45) is 6.71. The lowest BCUT2D eigenvalue weighted by Crippen LogP contribution is -2.07. The van der Waals surface area contributed by atoms with Crippen molar-refractivity contribution in [3.63, 3.8) is 0 Å². The van der Waals surface area contributed by atoms with E-state index in [4.69, 9.17) is 5.10 Å². The van der Waals surface area contributed by atoms with Crippen LogP contribution in [0, 0.1) is 0 Å². The molecule has 3 heterocycles. The van der Waals surface area contributed by atoms with E-state index in [9.17, 15) is 4.79 Å². The predicted molar refractivity (Wildman–Crippen MR) is 124 cm³/mol. The number of carbonyl (C=O) groups excluding carboxylic acids is 1. The summed E-state index contributed by atoms with van der Waals surface area (Å²) < 4.78 is 1.71. The van der Waals surface area contributed by atoms with Crippen molar-refractivity contribution in [2.75, 3.05) is 5.32 Å². The summed E-state index contributed by atoms with van der Waals surface area (Å²) in [4.78, 5) is 16.4. The lowest BCUT2D eigenvalue weighted by molar-refractivity contribution is -0.111. The van der Waals surface area contributed by atoms with Gasteiger partial charge in [-0.15, -0.1) is 10.2 Å². The van der Waals surface area contributed by atoms with Crippen LogP contribution in [0.4, 0.5) is 5.69 Å². The second-order valence-corrected chi connectivity index (χ2v) is 7.06. The number of nitrogens with one attached hydrogen (secondary N) is 1. The molecule has 0 spiro atoms. The quantitative estimate of drug-likeness (QED) is 0.425. The lowest BCUT2D eigenvalue weighted by atomic mass is 10.1.